The SMILES string of the molecule is CCCOc1c(Br)cc(/C=N/NC(=O)CSc2nc(-c3ccc(Cl)cc3)cs2)cc1OC. The molecule has 0 bridgehead atoms. The first-order valence-electron chi connectivity index (χ1n) is 9.66. The monoisotopic (exact) mass is 553 g/mol. The quantitative estimate of drug-likeness (QED) is 0.182. The van der Waals surface area contributed by atoms with Gasteiger partial charge < -0.3 is 9.47 Å². The van der Waals surface area contributed by atoms with Gasteiger partial charge in [-0.3, -0.25) is 4.79 Å². The van der Waals surface area contributed by atoms with Gasteiger partial charge in [-0.1, -0.05) is 42.4 Å². The summed E-state index contributed by atoms with van der Waals surface area (Å²) in [5, 5.41) is 6.68. The largest absolute Gasteiger partial charge is 0.493 e. The molecule has 0 aliphatic carbocycles. The van der Waals surface area contributed by atoms with Gasteiger partial charge in [0.15, 0.2) is 15.8 Å². The molecule has 1 aromatic heterocycles. The molecule has 0 saturated carbocycles. The Bertz CT molecular complexity index is 1090. The van der Waals surface area contributed by atoms with E-state index in [0.717, 1.165) is 32.1 Å². The number of ether oxygens (including phenoxy) is 2. The number of hydrogen-bond acceptors (Lipinski definition) is 7. The number of hydrazone groups is 1. The summed E-state index contributed by atoms with van der Waals surface area (Å²) in [6, 6.07) is 11.1. The number of amides is 1. The van der Waals surface area contributed by atoms with E-state index < -0.39 is 0 Å². The molecule has 0 radical (unpaired) electrons. The highest BCUT2D eigenvalue weighted by Crippen LogP contribution is 2.36. The van der Waals surface area contributed by atoms with Crippen molar-refractivity contribution in [2.24, 2.45) is 5.10 Å². The molecule has 0 saturated heterocycles. The molecular weight excluding hydrogens is 534 g/mol. The van der Waals surface area contributed by atoms with E-state index >= 15 is 0 Å². The lowest BCUT2D eigenvalue weighted by Gasteiger charge is -2.12. The molecule has 0 atom stereocenters. The van der Waals surface area contributed by atoms with Gasteiger partial charge in [-0.25, -0.2) is 10.4 Å². The third-order valence-corrected chi connectivity index (χ3v) is 6.92. The van der Waals surface area contributed by atoms with E-state index in [0.29, 0.717) is 23.1 Å². The van der Waals surface area contributed by atoms with Gasteiger partial charge in [-0.2, -0.15) is 5.10 Å². The van der Waals surface area contributed by atoms with Crippen molar-refractivity contribution in [3.8, 4) is 22.8 Å². The van der Waals surface area contributed by atoms with Crippen LogP contribution < -0.4 is 14.9 Å². The highest BCUT2D eigenvalue weighted by Gasteiger charge is 2.11. The number of carbonyl (C=O) groups is 1. The number of hydrogen-bond donors (Lipinski definition) is 1. The van der Waals surface area contributed by atoms with Gasteiger partial charge in [0.1, 0.15) is 0 Å². The van der Waals surface area contributed by atoms with Crippen LogP contribution in [-0.2, 0) is 4.79 Å². The second kappa shape index (κ2) is 12.2. The zero-order valence-electron chi connectivity index (χ0n) is 17.4. The van der Waals surface area contributed by atoms with Crippen LogP contribution in [0.1, 0.15) is 18.9 Å². The lowest BCUT2D eigenvalue weighted by Crippen LogP contribution is -2.19. The number of thioether (sulfide) groups is 1. The first kappa shape index (κ1) is 24.6. The van der Waals surface area contributed by atoms with Crippen LogP contribution in [-0.4, -0.2) is 36.6 Å². The Hall–Kier alpha value is -2.07. The Morgan fingerprint density at radius 3 is 2.84 bits per heavy atom. The van der Waals surface area contributed by atoms with Gasteiger partial charge in [-0.15, -0.1) is 11.3 Å². The van der Waals surface area contributed by atoms with Crippen molar-refractivity contribution >= 4 is 62.8 Å². The maximum absolute atomic E-state index is 12.1. The summed E-state index contributed by atoms with van der Waals surface area (Å²) in [6.07, 6.45) is 2.45. The molecule has 0 unspecified atom stereocenters. The fourth-order valence-electron chi connectivity index (χ4n) is 2.57. The number of nitrogens with zero attached hydrogens (tertiary/aromatic N) is 2. The Kier molecular flexibility index (Phi) is 9.40. The number of nitrogens with one attached hydrogen (secondary N) is 1. The summed E-state index contributed by atoms with van der Waals surface area (Å²) in [5.41, 5.74) is 5.14. The molecule has 0 spiro atoms. The van der Waals surface area contributed by atoms with Crippen molar-refractivity contribution in [3.05, 3.63) is 56.8 Å². The lowest BCUT2D eigenvalue weighted by molar-refractivity contribution is -0.118. The standard InChI is InChI=1S/C22H21BrClN3O3S2/c1-3-8-30-21-17(23)9-14(10-19(21)29-2)11-25-27-20(28)13-32-22-26-18(12-31-22)15-4-6-16(24)7-5-15/h4-7,9-12H,3,8,13H2,1-2H3,(H,27,28)/b25-11+. The lowest BCUT2D eigenvalue weighted by atomic mass is 10.2. The van der Waals surface area contributed by atoms with E-state index in [4.69, 9.17) is 21.1 Å². The van der Waals surface area contributed by atoms with Gasteiger partial charge in [-0.05, 0) is 52.2 Å². The predicted molar refractivity (Wildman–Crippen MR) is 136 cm³/mol. The highest BCUT2D eigenvalue weighted by atomic mass is 79.9. The molecule has 10 heteroatoms. The third-order valence-electron chi connectivity index (χ3n) is 4.06. The highest BCUT2D eigenvalue weighted by molar-refractivity contribution is 9.10. The minimum atomic E-state index is -0.219. The van der Waals surface area contributed by atoms with Crippen LogP contribution in [0.15, 0.2) is 55.7 Å². The summed E-state index contributed by atoms with van der Waals surface area (Å²) >= 11 is 12.3. The predicted octanol–water partition coefficient (Wildman–Crippen LogP) is 6.27. The van der Waals surface area contributed by atoms with Crippen molar-refractivity contribution < 1.29 is 14.3 Å². The summed E-state index contributed by atoms with van der Waals surface area (Å²) in [4.78, 5) is 16.7. The second-order valence-corrected chi connectivity index (χ2v) is 9.84. The summed E-state index contributed by atoms with van der Waals surface area (Å²) in [6.45, 7) is 2.63. The van der Waals surface area contributed by atoms with Gasteiger partial charge in [0, 0.05) is 16.0 Å². The van der Waals surface area contributed by atoms with Crippen molar-refractivity contribution in [2.45, 2.75) is 17.7 Å². The molecule has 0 aliphatic heterocycles. The van der Waals surface area contributed by atoms with Gasteiger partial charge in [0.25, 0.3) is 5.91 Å². The maximum atomic E-state index is 12.1. The fourth-order valence-corrected chi connectivity index (χ4v) is 4.90. The van der Waals surface area contributed by atoms with E-state index in [2.05, 4.69) is 31.4 Å². The van der Waals surface area contributed by atoms with Crippen LogP contribution in [0.4, 0.5) is 0 Å². The summed E-state index contributed by atoms with van der Waals surface area (Å²) in [5.74, 6) is 1.23. The summed E-state index contributed by atoms with van der Waals surface area (Å²) in [7, 11) is 1.58. The minimum Gasteiger partial charge on any atom is -0.493 e. The fraction of sp³-hybridized carbons (Fsp3) is 0.227. The number of benzene rings is 2. The Labute approximate surface area is 208 Å². The van der Waals surface area contributed by atoms with Crippen LogP contribution in [0.2, 0.25) is 5.02 Å². The molecule has 1 heterocycles. The summed E-state index contributed by atoms with van der Waals surface area (Å²) < 4.78 is 12.7. The molecular formula is C22H21BrClN3O3S2. The van der Waals surface area contributed by atoms with E-state index in [1.54, 1.807) is 19.4 Å². The van der Waals surface area contributed by atoms with E-state index in [1.807, 2.05) is 42.6 Å². The normalized spacial score (nSPS) is 11.0. The van der Waals surface area contributed by atoms with Crippen molar-refractivity contribution in [1.29, 1.82) is 0 Å². The Morgan fingerprint density at radius 1 is 1.34 bits per heavy atom. The molecule has 2 aromatic carbocycles. The van der Waals surface area contributed by atoms with E-state index in [1.165, 1.54) is 23.1 Å². The molecule has 3 rings (SSSR count). The van der Waals surface area contributed by atoms with Crippen LogP contribution in [0.3, 0.4) is 0 Å². The number of aromatic nitrogens is 1. The molecule has 0 aliphatic rings. The maximum Gasteiger partial charge on any atom is 0.250 e. The van der Waals surface area contributed by atoms with Crippen molar-refractivity contribution in [3.63, 3.8) is 0 Å². The van der Waals surface area contributed by atoms with Gasteiger partial charge >= 0.3 is 0 Å². The average Bonchev–Trinajstić information content (AvgIpc) is 3.26. The minimum absolute atomic E-state index is 0.210. The average molecular weight is 555 g/mol. The zero-order valence-corrected chi connectivity index (χ0v) is 21.4. The van der Waals surface area contributed by atoms with Crippen LogP contribution >= 0.6 is 50.6 Å². The Morgan fingerprint density at radius 2 is 2.12 bits per heavy atom. The van der Waals surface area contributed by atoms with Crippen LogP contribution in [0.25, 0.3) is 11.3 Å². The number of rotatable bonds is 10. The zero-order chi connectivity index (χ0) is 22.9. The topological polar surface area (TPSA) is 72.8 Å². The second-order valence-electron chi connectivity index (χ2n) is 6.47. The van der Waals surface area contributed by atoms with Gasteiger partial charge in [0.2, 0.25) is 0 Å². The van der Waals surface area contributed by atoms with Gasteiger partial charge in [0.05, 0.1) is 35.9 Å². The van der Waals surface area contributed by atoms with E-state index in [-0.39, 0.29) is 11.7 Å². The van der Waals surface area contributed by atoms with Crippen molar-refractivity contribution in [1.82, 2.24) is 10.4 Å². The molecule has 1 amide bonds. The molecule has 6 nitrogen and oxygen atoms in total. The number of carbonyl (C=O) groups excluding carboxylic acids is 1. The number of thiazole rings is 1. The molecule has 1 N–H and O–H groups in total. The van der Waals surface area contributed by atoms with Crippen LogP contribution in [0.5, 0.6) is 11.5 Å². The molecule has 0 fully saturated rings. The molecule has 3 aromatic rings. The van der Waals surface area contributed by atoms with Crippen molar-refractivity contribution in [2.75, 3.05) is 19.5 Å². The number of halogens is 2. The molecule has 168 valence electrons. The number of methoxy groups -OCH3 is 1. The van der Waals surface area contributed by atoms with Crippen LogP contribution in [0, 0.1) is 0 Å². The first-order valence-corrected chi connectivity index (χ1v) is 12.7. The third kappa shape index (κ3) is 6.96. The Balaban J connectivity index is 1.53. The van der Waals surface area contributed by atoms with E-state index in [9.17, 15) is 4.79 Å². The smallest absolute Gasteiger partial charge is 0.250 e. The molecule has 32 heavy (non-hydrogen) atoms. The first-order chi connectivity index (χ1) is 15.5.